The van der Waals surface area contributed by atoms with Gasteiger partial charge < -0.3 is 0 Å². The van der Waals surface area contributed by atoms with E-state index in [2.05, 4.69) is 0 Å². The van der Waals surface area contributed by atoms with Crippen LogP contribution in [0.2, 0.25) is 0 Å². The third kappa shape index (κ3) is 2.56. The van der Waals surface area contributed by atoms with E-state index >= 15 is 0 Å². The monoisotopic (exact) mass is 213 g/mol. The molecule has 0 saturated heterocycles. The van der Waals surface area contributed by atoms with Gasteiger partial charge in [-0.1, -0.05) is 41.8 Å². The maximum Gasteiger partial charge on any atom is 0.297 e. The SMILES string of the molecule is CC(c1ccccc1)C(C)S([O])(=O)=O. The molecule has 2 unspecified atom stereocenters. The van der Waals surface area contributed by atoms with Gasteiger partial charge in [0.2, 0.25) is 0 Å². The Bertz CT molecular complexity index is 383. The van der Waals surface area contributed by atoms with Crippen LogP contribution in [-0.2, 0) is 14.7 Å². The quantitative estimate of drug-likeness (QED) is 0.770. The molecular weight excluding hydrogens is 200 g/mol. The van der Waals surface area contributed by atoms with Crippen molar-refractivity contribution in [1.82, 2.24) is 0 Å². The zero-order chi connectivity index (χ0) is 10.8. The number of hydrogen-bond donors (Lipinski definition) is 0. The number of hydrogen-bond acceptors (Lipinski definition) is 2. The lowest BCUT2D eigenvalue weighted by molar-refractivity contribution is 0.398. The van der Waals surface area contributed by atoms with Crippen LogP contribution >= 0.6 is 0 Å². The lowest BCUT2D eigenvalue weighted by Crippen LogP contribution is -2.21. The fraction of sp³-hybridized carbons (Fsp3) is 0.400. The highest BCUT2D eigenvalue weighted by molar-refractivity contribution is 7.86. The highest BCUT2D eigenvalue weighted by atomic mass is 32.2. The van der Waals surface area contributed by atoms with Gasteiger partial charge >= 0.3 is 0 Å². The van der Waals surface area contributed by atoms with Crippen molar-refractivity contribution in [3.05, 3.63) is 35.9 Å². The van der Waals surface area contributed by atoms with Crippen LogP contribution in [0.4, 0.5) is 0 Å². The van der Waals surface area contributed by atoms with Crippen molar-refractivity contribution in [2.45, 2.75) is 25.0 Å². The van der Waals surface area contributed by atoms with Crippen molar-refractivity contribution in [2.24, 2.45) is 0 Å². The van der Waals surface area contributed by atoms with Crippen LogP contribution in [0.5, 0.6) is 0 Å². The van der Waals surface area contributed by atoms with Crippen molar-refractivity contribution in [3.8, 4) is 0 Å². The Hall–Kier alpha value is -0.870. The first-order valence-electron chi connectivity index (χ1n) is 4.42. The highest BCUT2D eigenvalue weighted by Crippen LogP contribution is 2.23. The molecule has 77 valence electrons. The van der Waals surface area contributed by atoms with E-state index in [1.807, 2.05) is 30.3 Å². The lowest BCUT2D eigenvalue weighted by Gasteiger charge is -2.16. The number of rotatable bonds is 3. The molecule has 1 aromatic carbocycles. The van der Waals surface area contributed by atoms with Crippen molar-refractivity contribution in [2.75, 3.05) is 0 Å². The minimum Gasteiger partial charge on any atom is -0.197 e. The fourth-order valence-corrected chi connectivity index (χ4v) is 1.93. The molecule has 1 rings (SSSR count). The zero-order valence-electron chi connectivity index (χ0n) is 8.17. The average Bonchev–Trinajstić information content (AvgIpc) is 2.15. The first-order chi connectivity index (χ1) is 6.43. The fourth-order valence-electron chi connectivity index (χ4n) is 1.28. The molecule has 1 radical (unpaired) electrons. The normalized spacial score (nSPS) is 16.2. The molecule has 0 saturated carbocycles. The molecular formula is C10H13O3S. The Morgan fingerprint density at radius 3 is 2.00 bits per heavy atom. The van der Waals surface area contributed by atoms with Crippen LogP contribution in [0.3, 0.4) is 0 Å². The van der Waals surface area contributed by atoms with Crippen LogP contribution in [0.25, 0.3) is 0 Å². The van der Waals surface area contributed by atoms with E-state index in [4.69, 9.17) is 0 Å². The van der Waals surface area contributed by atoms with E-state index in [0.717, 1.165) is 5.56 Å². The summed E-state index contributed by atoms with van der Waals surface area (Å²) in [5.74, 6) is -0.265. The summed E-state index contributed by atoms with van der Waals surface area (Å²) < 4.78 is 32.4. The first kappa shape index (κ1) is 11.2. The third-order valence-corrected chi connectivity index (χ3v) is 3.80. The Morgan fingerprint density at radius 2 is 1.57 bits per heavy atom. The van der Waals surface area contributed by atoms with E-state index in [0.29, 0.717) is 0 Å². The maximum absolute atomic E-state index is 10.8. The molecule has 0 aliphatic carbocycles. The summed E-state index contributed by atoms with van der Waals surface area (Å²) in [6, 6.07) is 9.16. The Labute approximate surface area is 84.5 Å². The third-order valence-electron chi connectivity index (χ3n) is 2.48. The summed E-state index contributed by atoms with van der Waals surface area (Å²) in [6.07, 6.45) is 0. The molecule has 3 nitrogen and oxygen atoms in total. The molecule has 0 fully saturated rings. The lowest BCUT2D eigenvalue weighted by atomic mass is 9.99. The topological polar surface area (TPSA) is 54.0 Å². The summed E-state index contributed by atoms with van der Waals surface area (Å²) in [4.78, 5) is 0. The summed E-state index contributed by atoms with van der Waals surface area (Å²) >= 11 is 0. The molecule has 0 heterocycles. The predicted octanol–water partition coefficient (Wildman–Crippen LogP) is 1.94. The second kappa shape index (κ2) is 4.11. The Balaban J connectivity index is 2.92. The molecule has 0 aliphatic heterocycles. The van der Waals surface area contributed by atoms with Gasteiger partial charge in [0.05, 0.1) is 5.25 Å². The van der Waals surface area contributed by atoms with E-state index in [1.165, 1.54) is 6.92 Å². The van der Waals surface area contributed by atoms with E-state index in [-0.39, 0.29) is 5.92 Å². The molecule has 4 heteroatoms. The van der Waals surface area contributed by atoms with Gasteiger partial charge in [-0.25, -0.2) is 0 Å². The molecule has 0 spiro atoms. The highest BCUT2D eigenvalue weighted by Gasteiger charge is 2.26. The summed E-state index contributed by atoms with van der Waals surface area (Å²) in [5, 5.41) is -0.884. The average molecular weight is 213 g/mol. The minimum atomic E-state index is -4.20. The van der Waals surface area contributed by atoms with E-state index in [9.17, 15) is 13.0 Å². The standard InChI is InChI=1S/C10H13O3S/c1-8(9(2)14(11,12)13)10-6-4-3-5-7-10/h3-9H,1-2H3. The van der Waals surface area contributed by atoms with Crippen LogP contribution in [-0.4, -0.2) is 13.7 Å². The molecule has 0 bridgehead atoms. The molecule has 1 aromatic rings. The molecule has 0 aromatic heterocycles. The molecule has 2 atom stereocenters. The predicted molar refractivity (Wildman–Crippen MR) is 53.9 cm³/mol. The van der Waals surface area contributed by atoms with Gasteiger partial charge in [0, 0.05) is 5.92 Å². The van der Waals surface area contributed by atoms with Gasteiger partial charge in [0.25, 0.3) is 10.1 Å². The smallest absolute Gasteiger partial charge is 0.197 e. The van der Waals surface area contributed by atoms with Crippen LogP contribution in [0.15, 0.2) is 30.3 Å². The van der Waals surface area contributed by atoms with Crippen molar-refractivity contribution >= 4 is 10.1 Å². The van der Waals surface area contributed by atoms with Gasteiger partial charge in [-0.3, -0.25) is 0 Å². The second-order valence-corrected chi connectivity index (χ2v) is 5.13. The van der Waals surface area contributed by atoms with Crippen molar-refractivity contribution in [3.63, 3.8) is 0 Å². The van der Waals surface area contributed by atoms with Gasteiger partial charge in [0.1, 0.15) is 0 Å². The summed E-state index contributed by atoms with van der Waals surface area (Å²) in [6.45, 7) is 3.19. The molecule has 0 amide bonds. The maximum atomic E-state index is 10.8. The largest absolute Gasteiger partial charge is 0.297 e. The van der Waals surface area contributed by atoms with Crippen LogP contribution in [0, 0.1) is 0 Å². The minimum absolute atomic E-state index is 0.265. The number of benzene rings is 1. The molecule has 14 heavy (non-hydrogen) atoms. The Morgan fingerprint density at radius 1 is 1.07 bits per heavy atom. The molecule has 0 aliphatic rings. The van der Waals surface area contributed by atoms with Gasteiger partial charge in [-0.2, -0.15) is 8.42 Å². The summed E-state index contributed by atoms with van der Waals surface area (Å²) in [5.41, 5.74) is 0.874. The van der Waals surface area contributed by atoms with Gasteiger partial charge in [0.15, 0.2) is 0 Å². The van der Waals surface area contributed by atoms with E-state index < -0.39 is 15.4 Å². The zero-order valence-corrected chi connectivity index (χ0v) is 8.99. The summed E-state index contributed by atoms with van der Waals surface area (Å²) in [7, 11) is -4.20. The Kier molecular flexibility index (Phi) is 3.29. The molecule has 0 N–H and O–H groups in total. The van der Waals surface area contributed by atoms with Gasteiger partial charge in [-0.05, 0) is 12.5 Å². The van der Waals surface area contributed by atoms with Crippen LogP contribution in [0.1, 0.15) is 25.3 Å². The van der Waals surface area contributed by atoms with Crippen LogP contribution < -0.4 is 0 Å². The first-order valence-corrected chi connectivity index (χ1v) is 5.89. The van der Waals surface area contributed by atoms with E-state index in [1.54, 1.807) is 6.92 Å². The van der Waals surface area contributed by atoms with Gasteiger partial charge in [-0.15, -0.1) is 0 Å². The second-order valence-electron chi connectivity index (χ2n) is 3.40. The van der Waals surface area contributed by atoms with Crippen molar-refractivity contribution < 1.29 is 13.0 Å². The van der Waals surface area contributed by atoms with Crippen molar-refractivity contribution in [1.29, 1.82) is 0 Å².